The minimum Gasteiger partial charge on any atom is -0.389 e. The van der Waals surface area contributed by atoms with Gasteiger partial charge in [0.1, 0.15) is 0 Å². The average molecular weight is 349 g/mol. The van der Waals surface area contributed by atoms with Crippen molar-refractivity contribution in [2.24, 2.45) is 0 Å². The number of nitrogens with zero attached hydrogens (tertiary/aromatic N) is 2. The van der Waals surface area contributed by atoms with Gasteiger partial charge in [0.2, 0.25) is 5.91 Å². The maximum atomic E-state index is 12.4. The van der Waals surface area contributed by atoms with Crippen LogP contribution in [0.1, 0.15) is 45.0 Å². The van der Waals surface area contributed by atoms with Crippen LogP contribution in [-0.2, 0) is 4.79 Å². The summed E-state index contributed by atoms with van der Waals surface area (Å²) in [5.41, 5.74) is 0.305. The third-order valence-electron chi connectivity index (χ3n) is 3.87. The summed E-state index contributed by atoms with van der Waals surface area (Å²) in [7, 11) is 0. The standard InChI is InChI=1S/C19H31N3O3/c1-6-21(14-19(4,5)25)13-17(23)20-16-11-9-10-15(12-16)18(24)22(7-2)8-3/h9-12,25H,6-8,13-14H2,1-5H3,(H,20,23). The molecule has 6 heteroatoms. The first-order chi connectivity index (χ1) is 11.7. The van der Waals surface area contributed by atoms with Crippen LogP contribution >= 0.6 is 0 Å². The first-order valence-electron chi connectivity index (χ1n) is 8.84. The van der Waals surface area contributed by atoms with Crippen LogP contribution in [0.25, 0.3) is 0 Å². The molecule has 0 aliphatic rings. The zero-order valence-corrected chi connectivity index (χ0v) is 16.0. The molecular formula is C19H31N3O3. The van der Waals surface area contributed by atoms with Gasteiger partial charge in [-0.25, -0.2) is 0 Å². The van der Waals surface area contributed by atoms with Gasteiger partial charge in [0.25, 0.3) is 5.91 Å². The number of rotatable bonds is 9. The molecule has 0 heterocycles. The smallest absolute Gasteiger partial charge is 0.253 e. The Morgan fingerprint density at radius 2 is 1.76 bits per heavy atom. The predicted molar refractivity (Wildman–Crippen MR) is 101 cm³/mol. The number of aliphatic hydroxyl groups is 1. The lowest BCUT2D eigenvalue weighted by Gasteiger charge is -2.27. The van der Waals surface area contributed by atoms with Gasteiger partial charge in [0.15, 0.2) is 0 Å². The molecule has 0 atom stereocenters. The Balaban J connectivity index is 2.75. The molecule has 0 aliphatic carbocycles. The van der Waals surface area contributed by atoms with Crippen molar-refractivity contribution >= 4 is 17.5 Å². The highest BCUT2D eigenvalue weighted by Gasteiger charge is 2.19. The minimum absolute atomic E-state index is 0.0432. The fourth-order valence-electron chi connectivity index (χ4n) is 2.65. The first kappa shape index (κ1) is 21.1. The number of likely N-dealkylation sites (N-methyl/N-ethyl adjacent to an activating group) is 1. The normalized spacial score (nSPS) is 11.5. The van der Waals surface area contributed by atoms with Gasteiger partial charge in [-0.05, 0) is 52.4 Å². The summed E-state index contributed by atoms with van der Waals surface area (Å²) in [4.78, 5) is 28.3. The van der Waals surface area contributed by atoms with Crippen molar-refractivity contribution in [3.05, 3.63) is 29.8 Å². The second kappa shape index (κ2) is 9.53. The number of hydrogen-bond donors (Lipinski definition) is 2. The van der Waals surface area contributed by atoms with Crippen LogP contribution in [0.5, 0.6) is 0 Å². The van der Waals surface area contributed by atoms with E-state index >= 15 is 0 Å². The molecule has 0 saturated carbocycles. The summed E-state index contributed by atoms with van der Waals surface area (Å²) >= 11 is 0. The Morgan fingerprint density at radius 1 is 1.12 bits per heavy atom. The molecule has 0 bridgehead atoms. The van der Waals surface area contributed by atoms with Crippen molar-refractivity contribution in [1.29, 1.82) is 0 Å². The van der Waals surface area contributed by atoms with E-state index in [-0.39, 0.29) is 18.4 Å². The second-order valence-corrected chi connectivity index (χ2v) is 6.72. The summed E-state index contributed by atoms with van der Waals surface area (Å²) in [6.45, 7) is 11.8. The molecule has 25 heavy (non-hydrogen) atoms. The molecule has 0 saturated heterocycles. The second-order valence-electron chi connectivity index (χ2n) is 6.72. The van der Waals surface area contributed by atoms with Crippen LogP contribution in [0.15, 0.2) is 24.3 Å². The summed E-state index contributed by atoms with van der Waals surface area (Å²) in [5.74, 6) is -0.211. The average Bonchev–Trinajstić information content (AvgIpc) is 2.54. The quantitative estimate of drug-likeness (QED) is 0.717. The van der Waals surface area contributed by atoms with Gasteiger partial charge in [-0.15, -0.1) is 0 Å². The maximum Gasteiger partial charge on any atom is 0.253 e. The van der Waals surface area contributed by atoms with E-state index < -0.39 is 5.60 Å². The zero-order valence-electron chi connectivity index (χ0n) is 16.0. The molecule has 0 radical (unpaired) electrons. The lowest BCUT2D eigenvalue weighted by molar-refractivity contribution is -0.117. The van der Waals surface area contributed by atoms with Crippen molar-refractivity contribution in [3.63, 3.8) is 0 Å². The zero-order chi connectivity index (χ0) is 19.0. The number of hydrogen-bond acceptors (Lipinski definition) is 4. The molecule has 0 unspecified atom stereocenters. The van der Waals surface area contributed by atoms with Crippen LogP contribution in [0.3, 0.4) is 0 Å². The fraction of sp³-hybridized carbons (Fsp3) is 0.579. The van der Waals surface area contributed by atoms with Gasteiger partial charge in [-0.2, -0.15) is 0 Å². The number of carbonyl (C=O) groups excluding carboxylic acids is 2. The third-order valence-corrected chi connectivity index (χ3v) is 3.87. The number of anilines is 1. The van der Waals surface area contributed by atoms with Crippen molar-refractivity contribution in [1.82, 2.24) is 9.80 Å². The molecule has 0 fully saturated rings. The van der Waals surface area contributed by atoms with Crippen LogP contribution in [0.2, 0.25) is 0 Å². The molecule has 2 amide bonds. The van der Waals surface area contributed by atoms with E-state index in [2.05, 4.69) is 5.32 Å². The maximum absolute atomic E-state index is 12.4. The van der Waals surface area contributed by atoms with Crippen molar-refractivity contribution < 1.29 is 14.7 Å². The van der Waals surface area contributed by atoms with Gasteiger partial charge in [-0.3, -0.25) is 14.5 Å². The van der Waals surface area contributed by atoms with Gasteiger partial charge in [0, 0.05) is 30.9 Å². The monoisotopic (exact) mass is 349 g/mol. The Bertz CT molecular complexity index is 578. The molecule has 6 nitrogen and oxygen atoms in total. The van der Waals surface area contributed by atoms with E-state index in [0.717, 1.165) is 0 Å². The molecule has 140 valence electrons. The molecular weight excluding hydrogens is 318 g/mol. The Kier molecular flexibility index (Phi) is 8.06. The van der Waals surface area contributed by atoms with E-state index in [1.165, 1.54) is 0 Å². The van der Waals surface area contributed by atoms with E-state index in [4.69, 9.17) is 0 Å². The van der Waals surface area contributed by atoms with Gasteiger partial charge >= 0.3 is 0 Å². The summed E-state index contributed by atoms with van der Waals surface area (Å²) in [6.07, 6.45) is 0. The number of nitrogens with one attached hydrogen (secondary N) is 1. The molecule has 0 spiro atoms. The predicted octanol–water partition coefficient (Wildman–Crippen LogP) is 2.20. The third kappa shape index (κ3) is 7.23. The number of benzene rings is 1. The van der Waals surface area contributed by atoms with Crippen LogP contribution in [0.4, 0.5) is 5.69 Å². The summed E-state index contributed by atoms with van der Waals surface area (Å²) in [5, 5.41) is 12.7. The minimum atomic E-state index is -0.855. The highest BCUT2D eigenvalue weighted by molar-refractivity contribution is 5.97. The summed E-state index contributed by atoms with van der Waals surface area (Å²) in [6, 6.07) is 6.98. The van der Waals surface area contributed by atoms with Crippen LogP contribution in [0, 0.1) is 0 Å². The Morgan fingerprint density at radius 3 is 2.28 bits per heavy atom. The molecule has 0 aliphatic heterocycles. The van der Waals surface area contributed by atoms with Gasteiger partial charge < -0.3 is 15.3 Å². The molecule has 2 N–H and O–H groups in total. The van der Waals surface area contributed by atoms with Crippen LogP contribution in [-0.4, -0.2) is 65.0 Å². The highest BCUT2D eigenvalue weighted by Crippen LogP contribution is 2.13. The van der Waals surface area contributed by atoms with E-state index in [9.17, 15) is 14.7 Å². The molecule has 1 rings (SSSR count). The first-order valence-corrected chi connectivity index (χ1v) is 8.84. The van der Waals surface area contributed by atoms with Crippen molar-refractivity contribution in [2.45, 2.75) is 40.2 Å². The van der Waals surface area contributed by atoms with Crippen molar-refractivity contribution in [3.8, 4) is 0 Å². The number of amides is 2. The van der Waals surface area contributed by atoms with E-state index in [0.29, 0.717) is 37.4 Å². The lowest BCUT2D eigenvalue weighted by Crippen LogP contribution is -2.42. The largest absolute Gasteiger partial charge is 0.389 e. The molecule has 1 aromatic carbocycles. The molecule has 1 aromatic rings. The Labute approximate surface area is 150 Å². The lowest BCUT2D eigenvalue weighted by atomic mass is 10.1. The number of carbonyl (C=O) groups is 2. The van der Waals surface area contributed by atoms with Gasteiger partial charge in [0.05, 0.1) is 12.1 Å². The van der Waals surface area contributed by atoms with E-state index in [1.807, 2.05) is 25.7 Å². The van der Waals surface area contributed by atoms with Crippen molar-refractivity contribution in [2.75, 3.05) is 38.0 Å². The topological polar surface area (TPSA) is 72.9 Å². The highest BCUT2D eigenvalue weighted by atomic mass is 16.3. The SMILES string of the molecule is CCN(CC(=O)Nc1cccc(C(=O)N(CC)CC)c1)CC(C)(C)O. The summed E-state index contributed by atoms with van der Waals surface area (Å²) < 4.78 is 0. The molecule has 0 aromatic heterocycles. The van der Waals surface area contributed by atoms with Gasteiger partial charge in [-0.1, -0.05) is 13.0 Å². The Hall–Kier alpha value is -1.92. The van der Waals surface area contributed by atoms with E-state index in [1.54, 1.807) is 43.0 Å². The fourth-order valence-corrected chi connectivity index (χ4v) is 2.65. The van der Waals surface area contributed by atoms with Crippen LogP contribution < -0.4 is 5.32 Å².